The molecule has 1 aliphatic heterocycles. The number of nitrogens with zero attached hydrogens (tertiary/aromatic N) is 2. The second-order valence-electron chi connectivity index (χ2n) is 6.26. The summed E-state index contributed by atoms with van der Waals surface area (Å²) in [5.74, 6) is -0.109. The number of carbonyl (C=O) groups excluding carboxylic acids is 1. The van der Waals surface area contributed by atoms with Crippen molar-refractivity contribution in [2.45, 2.75) is 44.9 Å². The number of aromatic nitrogens is 2. The fraction of sp³-hybridized carbons (Fsp3) is 0.471. The average molecular weight is 386 g/mol. The monoisotopic (exact) mass is 385 g/mol. The highest BCUT2D eigenvalue weighted by molar-refractivity contribution is 6.32. The molecule has 25 heavy (non-hydrogen) atoms. The molecule has 2 N–H and O–H groups in total. The van der Waals surface area contributed by atoms with E-state index in [-0.39, 0.29) is 42.8 Å². The van der Waals surface area contributed by atoms with Crippen LogP contribution in [0.25, 0.3) is 10.9 Å². The van der Waals surface area contributed by atoms with Crippen molar-refractivity contribution in [2.24, 2.45) is 0 Å². The first-order valence-corrected chi connectivity index (χ1v) is 8.42. The number of Topliss-reactive ketones (excluding diaryl/α,β-unsaturated/α-hetero) is 1. The minimum absolute atomic E-state index is 0. The molecule has 1 aliphatic rings. The summed E-state index contributed by atoms with van der Waals surface area (Å²) in [6.07, 6.45) is 2.67. The fourth-order valence-electron chi connectivity index (χ4n) is 3.11. The van der Waals surface area contributed by atoms with Gasteiger partial charge in [-0.15, -0.1) is 12.4 Å². The third-order valence-electron chi connectivity index (χ3n) is 4.52. The van der Waals surface area contributed by atoms with Gasteiger partial charge in [0, 0.05) is 17.5 Å². The Kier molecular flexibility index (Phi) is 6.57. The van der Waals surface area contributed by atoms with Gasteiger partial charge in [-0.1, -0.05) is 11.6 Å². The highest BCUT2D eigenvalue weighted by Gasteiger charge is 2.25. The van der Waals surface area contributed by atoms with Crippen LogP contribution >= 0.6 is 24.0 Å². The SMILES string of the molecule is Cc1c(Cl)ccc2c(=O)n(CC(=O)C[C@H]3NCCC[C@@H]3O)cnc12.Cl. The summed E-state index contributed by atoms with van der Waals surface area (Å²) < 4.78 is 1.31. The molecular weight excluding hydrogens is 365 g/mol. The van der Waals surface area contributed by atoms with Gasteiger partial charge in [-0.25, -0.2) is 4.98 Å². The fourth-order valence-corrected chi connectivity index (χ4v) is 3.26. The number of benzene rings is 1. The Morgan fingerprint density at radius 2 is 2.24 bits per heavy atom. The van der Waals surface area contributed by atoms with Crippen molar-refractivity contribution in [1.29, 1.82) is 0 Å². The van der Waals surface area contributed by atoms with Crippen LogP contribution in [0.4, 0.5) is 0 Å². The van der Waals surface area contributed by atoms with E-state index in [0.717, 1.165) is 18.5 Å². The van der Waals surface area contributed by atoms with Crippen LogP contribution in [0.1, 0.15) is 24.8 Å². The molecule has 6 nitrogen and oxygen atoms in total. The molecule has 0 amide bonds. The first-order chi connectivity index (χ1) is 11.5. The summed E-state index contributed by atoms with van der Waals surface area (Å²) in [4.78, 5) is 29.1. The van der Waals surface area contributed by atoms with E-state index in [9.17, 15) is 14.7 Å². The highest BCUT2D eigenvalue weighted by atomic mass is 35.5. The van der Waals surface area contributed by atoms with E-state index in [0.29, 0.717) is 22.3 Å². The minimum Gasteiger partial charge on any atom is -0.391 e. The summed E-state index contributed by atoms with van der Waals surface area (Å²) >= 11 is 6.05. The van der Waals surface area contributed by atoms with Crippen molar-refractivity contribution in [3.05, 3.63) is 39.4 Å². The Labute approximate surface area is 156 Å². The van der Waals surface area contributed by atoms with Gasteiger partial charge in [0.15, 0.2) is 5.78 Å². The number of fused-ring (bicyclic) bond motifs is 1. The zero-order valence-electron chi connectivity index (χ0n) is 13.9. The molecule has 2 atom stereocenters. The first kappa shape index (κ1) is 19.8. The molecular formula is C17H21Cl2N3O3. The number of aliphatic hydroxyl groups excluding tert-OH is 1. The molecule has 0 spiro atoms. The van der Waals surface area contributed by atoms with Crippen molar-refractivity contribution < 1.29 is 9.90 Å². The van der Waals surface area contributed by atoms with Crippen molar-refractivity contribution in [1.82, 2.24) is 14.9 Å². The van der Waals surface area contributed by atoms with Crippen LogP contribution in [0.5, 0.6) is 0 Å². The Morgan fingerprint density at radius 3 is 2.96 bits per heavy atom. The van der Waals surface area contributed by atoms with E-state index >= 15 is 0 Å². The number of carbonyl (C=O) groups is 1. The van der Waals surface area contributed by atoms with Gasteiger partial charge in [0.25, 0.3) is 5.56 Å². The van der Waals surface area contributed by atoms with Crippen LogP contribution in [0.15, 0.2) is 23.3 Å². The molecule has 2 aromatic rings. The molecule has 1 saturated heterocycles. The number of hydrogen-bond acceptors (Lipinski definition) is 5. The maximum atomic E-state index is 12.5. The van der Waals surface area contributed by atoms with Crippen LogP contribution in [0.2, 0.25) is 5.02 Å². The number of ketones is 1. The van der Waals surface area contributed by atoms with Crippen molar-refractivity contribution >= 4 is 40.7 Å². The normalized spacial score (nSPS) is 20.3. The van der Waals surface area contributed by atoms with E-state index in [4.69, 9.17) is 11.6 Å². The van der Waals surface area contributed by atoms with Gasteiger partial charge >= 0.3 is 0 Å². The molecule has 1 aromatic heterocycles. The number of halogens is 2. The number of hydrogen-bond donors (Lipinski definition) is 2. The van der Waals surface area contributed by atoms with Crippen molar-refractivity contribution in [2.75, 3.05) is 6.54 Å². The standard InChI is InChI=1S/C17H20ClN3O3.ClH/c1-10-13(18)5-4-12-16(10)20-9-21(17(12)24)8-11(22)7-14-15(23)3-2-6-19-14;/h4-5,9,14-15,19,23H,2-3,6-8H2,1H3;1H/t14-,15+;/m1./s1. The molecule has 1 fully saturated rings. The molecule has 3 rings (SSSR count). The van der Waals surface area contributed by atoms with E-state index in [2.05, 4.69) is 10.3 Å². The zero-order chi connectivity index (χ0) is 17.3. The number of nitrogens with one attached hydrogen (secondary N) is 1. The maximum absolute atomic E-state index is 12.5. The minimum atomic E-state index is -0.515. The van der Waals surface area contributed by atoms with E-state index in [1.54, 1.807) is 12.1 Å². The molecule has 8 heteroatoms. The van der Waals surface area contributed by atoms with Crippen molar-refractivity contribution in [3.63, 3.8) is 0 Å². The van der Waals surface area contributed by atoms with Gasteiger partial charge < -0.3 is 10.4 Å². The molecule has 0 saturated carbocycles. The Balaban J connectivity index is 0.00000225. The molecule has 0 radical (unpaired) electrons. The van der Waals surface area contributed by atoms with Gasteiger partial charge in [-0.05, 0) is 44.0 Å². The summed E-state index contributed by atoms with van der Waals surface area (Å²) in [7, 11) is 0. The van der Waals surface area contributed by atoms with Crippen LogP contribution in [-0.2, 0) is 11.3 Å². The predicted octanol–water partition coefficient (Wildman–Crippen LogP) is 1.85. The molecule has 136 valence electrons. The largest absolute Gasteiger partial charge is 0.391 e. The molecule has 0 aliphatic carbocycles. The lowest BCUT2D eigenvalue weighted by Crippen LogP contribution is -2.46. The molecule has 2 heterocycles. The lowest BCUT2D eigenvalue weighted by atomic mass is 9.97. The van der Waals surface area contributed by atoms with Crippen LogP contribution < -0.4 is 10.9 Å². The zero-order valence-corrected chi connectivity index (χ0v) is 15.4. The smallest absolute Gasteiger partial charge is 0.261 e. The third-order valence-corrected chi connectivity index (χ3v) is 4.93. The first-order valence-electron chi connectivity index (χ1n) is 8.05. The Bertz CT molecular complexity index is 838. The summed E-state index contributed by atoms with van der Waals surface area (Å²) in [5, 5.41) is 14.1. The second kappa shape index (κ2) is 8.27. The van der Waals surface area contributed by atoms with Gasteiger partial charge in [-0.3, -0.25) is 14.2 Å². The topological polar surface area (TPSA) is 84.2 Å². The summed E-state index contributed by atoms with van der Waals surface area (Å²) in [5.41, 5.74) is 1.05. The van der Waals surface area contributed by atoms with Crippen LogP contribution in [0.3, 0.4) is 0 Å². The second-order valence-corrected chi connectivity index (χ2v) is 6.67. The third kappa shape index (κ3) is 4.20. The highest BCUT2D eigenvalue weighted by Crippen LogP contribution is 2.21. The molecule has 0 bridgehead atoms. The molecule has 1 aromatic carbocycles. The average Bonchev–Trinajstić information content (AvgIpc) is 2.56. The number of aryl methyl sites for hydroxylation is 1. The summed E-state index contributed by atoms with van der Waals surface area (Å²) in [6.45, 7) is 2.56. The molecule has 0 unspecified atom stereocenters. The number of aliphatic hydroxyl groups is 1. The predicted molar refractivity (Wildman–Crippen MR) is 99.7 cm³/mol. The van der Waals surface area contributed by atoms with Gasteiger partial charge in [-0.2, -0.15) is 0 Å². The number of rotatable bonds is 4. The summed E-state index contributed by atoms with van der Waals surface area (Å²) in [6, 6.07) is 3.06. The van der Waals surface area contributed by atoms with E-state index in [1.807, 2.05) is 6.92 Å². The lowest BCUT2D eigenvalue weighted by Gasteiger charge is -2.28. The van der Waals surface area contributed by atoms with Crippen LogP contribution in [-0.4, -0.2) is 39.1 Å². The number of piperidine rings is 1. The van der Waals surface area contributed by atoms with Gasteiger partial charge in [0.1, 0.15) is 0 Å². The van der Waals surface area contributed by atoms with Crippen LogP contribution in [0, 0.1) is 6.92 Å². The van der Waals surface area contributed by atoms with E-state index in [1.165, 1.54) is 10.9 Å². The van der Waals surface area contributed by atoms with Crippen molar-refractivity contribution in [3.8, 4) is 0 Å². The lowest BCUT2D eigenvalue weighted by molar-refractivity contribution is -0.121. The quantitative estimate of drug-likeness (QED) is 0.838. The van der Waals surface area contributed by atoms with Gasteiger partial charge in [0.2, 0.25) is 0 Å². The Hall–Kier alpha value is -1.47. The van der Waals surface area contributed by atoms with Gasteiger partial charge in [0.05, 0.1) is 29.9 Å². The Morgan fingerprint density at radius 1 is 1.48 bits per heavy atom. The maximum Gasteiger partial charge on any atom is 0.261 e. The van der Waals surface area contributed by atoms with E-state index < -0.39 is 6.10 Å².